The first-order valence-corrected chi connectivity index (χ1v) is 9.77. The van der Waals surface area contributed by atoms with E-state index in [1.807, 2.05) is 25.1 Å². The normalized spacial score (nSPS) is 10.9. The predicted molar refractivity (Wildman–Crippen MR) is 114 cm³/mol. The number of nitrogens with zero attached hydrogens (tertiary/aromatic N) is 2. The van der Waals surface area contributed by atoms with Gasteiger partial charge in [0.2, 0.25) is 11.6 Å². The molecule has 9 heteroatoms. The molecule has 0 N–H and O–H groups in total. The Morgan fingerprint density at radius 3 is 2.44 bits per heavy atom. The molecule has 4 rings (SSSR count). The van der Waals surface area contributed by atoms with Crippen molar-refractivity contribution in [3.63, 3.8) is 0 Å². The van der Waals surface area contributed by atoms with Gasteiger partial charge in [0.15, 0.2) is 18.1 Å². The van der Waals surface area contributed by atoms with Crippen LogP contribution in [-0.2, 0) is 22.6 Å². The van der Waals surface area contributed by atoms with E-state index < -0.39 is 5.97 Å². The van der Waals surface area contributed by atoms with E-state index in [0.29, 0.717) is 22.8 Å². The highest BCUT2D eigenvalue weighted by Gasteiger charge is 2.18. The second-order valence-corrected chi connectivity index (χ2v) is 7.01. The van der Waals surface area contributed by atoms with Crippen LogP contribution in [-0.4, -0.2) is 37.5 Å². The summed E-state index contributed by atoms with van der Waals surface area (Å²) in [5.41, 5.74) is 3.15. The molecule has 0 spiro atoms. The standard InChI is InChI=1S/C23H22N2O7/c1-13-5-6-16-15(11-30-17(16)7-13)10-21(26)31-12-20-24-25-23(32-20)14-8-18(27-2)22(29-4)19(9-14)28-3/h5-9,11H,10,12H2,1-4H3. The molecular weight excluding hydrogens is 416 g/mol. The van der Waals surface area contributed by atoms with Crippen LogP contribution in [0.4, 0.5) is 0 Å². The number of carbonyl (C=O) groups is 1. The van der Waals surface area contributed by atoms with E-state index >= 15 is 0 Å². The van der Waals surface area contributed by atoms with Gasteiger partial charge in [-0.15, -0.1) is 10.2 Å². The first-order chi connectivity index (χ1) is 15.5. The Morgan fingerprint density at radius 1 is 1.00 bits per heavy atom. The molecular formula is C23H22N2O7. The van der Waals surface area contributed by atoms with E-state index in [-0.39, 0.29) is 24.8 Å². The summed E-state index contributed by atoms with van der Waals surface area (Å²) in [6.45, 7) is 1.83. The van der Waals surface area contributed by atoms with E-state index in [1.54, 1.807) is 18.4 Å². The van der Waals surface area contributed by atoms with Crippen LogP contribution in [0, 0.1) is 6.92 Å². The molecule has 0 atom stereocenters. The zero-order chi connectivity index (χ0) is 22.7. The molecule has 0 bridgehead atoms. The lowest BCUT2D eigenvalue weighted by Crippen LogP contribution is -2.07. The Morgan fingerprint density at radius 2 is 1.75 bits per heavy atom. The van der Waals surface area contributed by atoms with Crippen LogP contribution in [0.3, 0.4) is 0 Å². The molecule has 0 saturated heterocycles. The Bertz CT molecular complexity index is 1230. The van der Waals surface area contributed by atoms with E-state index in [0.717, 1.165) is 22.1 Å². The van der Waals surface area contributed by atoms with Crippen molar-refractivity contribution in [1.29, 1.82) is 0 Å². The smallest absolute Gasteiger partial charge is 0.310 e. The molecule has 9 nitrogen and oxygen atoms in total. The second kappa shape index (κ2) is 9.01. The quantitative estimate of drug-likeness (QED) is 0.376. The fourth-order valence-electron chi connectivity index (χ4n) is 3.31. The van der Waals surface area contributed by atoms with Crippen LogP contribution in [0.15, 0.2) is 45.4 Å². The van der Waals surface area contributed by atoms with Crippen LogP contribution in [0.1, 0.15) is 17.0 Å². The van der Waals surface area contributed by atoms with Crippen LogP contribution in [0.25, 0.3) is 22.4 Å². The largest absolute Gasteiger partial charge is 0.493 e. The molecule has 2 aromatic heterocycles. The molecule has 0 aliphatic heterocycles. The van der Waals surface area contributed by atoms with E-state index in [1.165, 1.54) is 21.3 Å². The van der Waals surface area contributed by atoms with E-state index in [9.17, 15) is 4.79 Å². The van der Waals surface area contributed by atoms with Gasteiger partial charge in [-0.05, 0) is 30.7 Å². The van der Waals surface area contributed by atoms with E-state index in [2.05, 4.69) is 10.2 Å². The van der Waals surface area contributed by atoms with Crippen LogP contribution in [0.2, 0.25) is 0 Å². The summed E-state index contributed by atoms with van der Waals surface area (Å²) in [5.74, 6) is 1.32. The second-order valence-electron chi connectivity index (χ2n) is 7.01. The highest BCUT2D eigenvalue weighted by Crippen LogP contribution is 2.40. The Kier molecular flexibility index (Phi) is 5.98. The predicted octanol–water partition coefficient (Wildman–Crippen LogP) is 4.10. The minimum Gasteiger partial charge on any atom is -0.493 e. The molecule has 0 unspecified atom stereocenters. The highest BCUT2D eigenvalue weighted by molar-refractivity contribution is 5.86. The van der Waals surface area contributed by atoms with Crippen molar-refractivity contribution < 1.29 is 32.6 Å². The molecule has 4 aromatic rings. The first-order valence-electron chi connectivity index (χ1n) is 9.77. The van der Waals surface area contributed by atoms with Gasteiger partial charge in [-0.1, -0.05) is 12.1 Å². The Labute approximate surface area is 183 Å². The number of benzene rings is 2. The zero-order valence-electron chi connectivity index (χ0n) is 18.1. The monoisotopic (exact) mass is 438 g/mol. The van der Waals surface area contributed by atoms with Crippen molar-refractivity contribution in [1.82, 2.24) is 10.2 Å². The number of aryl methyl sites for hydroxylation is 1. The van der Waals surface area contributed by atoms with Gasteiger partial charge in [0.05, 0.1) is 34.0 Å². The van der Waals surface area contributed by atoms with Crippen molar-refractivity contribution in [3.05, 3.63) is 53.6 Å². The van der Waals surface area contributed by atoms with Crippen molar-refractivity contribution in [2.75, 3.05) is 21.3 Å². The fraction of sp³-hybridized carbons (Fsp3) is 0.261. The maximum atomic E-state index is 12.3. The average molecular weight is 438 g/mol. The minimum atomic E-state index is -0.430. The number of furan rings is 1. The third kappa shape index (κ3) is 4.22. The number of esters is 1. The lowest BCUT2D eigenvalue weighted by atomic mass is 10.1. The summed E-state index contributed by atoms with van der Waals surface area (Å²) in [4.78, 5) is 12.3. The first kappa shape index (κ1) is 21.2. The van der Waals surface area contributed by atoms with Crippen molar-refractivity contribution in [3.8, 4) is 28.7 Å². The number of methoxy groups -OCH3 is 3. The lowest BCUT2D eigenvalue weighted by Gasteiger charge is -2.12. The number of rotatable bonds is 8. The molecule has 0 aliphatic carbocycles. The third-order valence-electron chi connectivity index (χ3n) is 4.88. The van der Waals surface area contributed by atoms with Crippen LogP contribution in [0.5, 0.6) is 17.2 Å². The van der Waals surface area contributed by atoms with Crippen LogP contribution < -0.4 is 14.2 Å². The van der Waals surface area contributed by atoms with Gasteiger partial charge in [0.1, 0.15) is 5.58 Å². The van der Waals surface area contributed by atoms with Crippen molar-refractivity contribution in [2.45, 2.75) is 20.0 Å². The van der Waals surface area contributed by atoms with Gasteiger partial charge in [0.25, 0.3) is 5.89 Å². The summed E-state index contributed by atoms with van der Waals surface area (Å²) >= 11 is 0. The number of fused-ring (bicyclic) bond motifs is 1. The van der Waals surface area contributed by atoms with E-state index in [4.69, 9.17) is 27.8 Å². The van der Waals surface area contributed by atoms with Gasteiger partial charge in [-0.25, -0.2) is 0 Å². The molecule has 0 amide bonds. The van der Waals surface area contributed by atoms with Gasteiger partial charge in [0, 0.05) is 16.5 Å². The molecule has 0 radical (unpaired) electrons. The van der Waals surface area contributed by atoms with Gasteiger partial charge in [-0.2, -0.15) is 0 Å². The topological polar surface area (TPSA) is 106 Å². The number of carbonyl (C=O) groups excluding carboxylic acids is 1. The SMILES string of the molecule is COc1cc(-c2nnc(COC(=O)Cc3coc4cc(C)ccc34)o2)cc(OC)c1OC. The summed E-state index contributed by atoms with van der Waals surface area (Å²) < 4.78 is 32.5. The maximum Gasteiger partial charge on any atom is 0.310 e. The maximum absolute atomic E-state index is 12.3. The van der Waals surface area contributed by atoms with Gasteiger partial charge in [-0.3, -0.25) is 4.79 Å². The van der Waals surface area contributed by atoms with Crippen molar-refractivity contribution in [2.24, 2.45) is 0 Å². The minimum absolute atomic E-state index is 0.0733. The summed E-state index contributed by atoms with van der Waals surface area (Å²) in [5, 5.41) is 8.85. The Balaban J connectivity index is 1.44. The summed E-state index contributed by atoms with van der Waals surface area (Å²) in [6.07, 6.45) is 1.64. The number of ether oxygens (including phenoxy) is 4. The molecule has 0 aliphatic rings. The summed E-state index contributed by atoms with van der Waals surface area (Å²) in [6, 6.07) is 9.20. The highest BCUT2D eigenvalue weighted by atomic mass is 16.5. The summed E-state index contributed by atoms with van der Waals surface area (Å²) in [7, 11) is 4.56. The number of aromatic nitrogens is 2. The molecule has 166 valence electrons. The number of hydrogen-bond acceptors (Lipinski definition) is 9. The molecule has 0 saturated carbocycles. The molecule has 0 fully saturated rings. The fourth-order valence-corrected chi connectivity index (χ4v) is 3.31. The third-order valence-corrected chi connectivity index (χ3v) is 4.88. The molecule has 32 heavy (non-hydrogen) atoms. The van der Waals surface area contributed by atoms with Gasteiger partial charge >= 0.3 is 5.97 Å². The van der Waals surface area contributed by atoms with Gasteiger partial charge < -0.3 is 27.8 Å². The average Bonchev–Trinajstić information content (AvgIpc) is 3.43. The lowest BCUT2D eigenvalue weighted by molar-refractivity contribution is -0.144. The Hall–Kier alpha value is -4.01. The zero-order valence-corrected chi connectivity index (χ0v) is 18.1. The molecule has 2 aromatic carbocycles. The molecule has 2 heterocycles. The number of hydrogen-bond donors (Lipinski definition) is 0. The van der Waals surface area contributed by atoms with Crippen molar-refractivity contribution >= 4 is 16.9 Å². The van der Waals surface area contributed by atoms with Crippen LogP contribution >= 0.6 is 0 Å².